The molecule has 0 spiro atoms. The van der Waals surface area contributed by atoms with Crippen LogP contribution < -0.4 is 0 Å². The van der Waals surface area contributed by atoms with E-state index in [1.54, 1.807) is 18.5 Å². The van der Waals surface area contributed by atoms with Gasteiger partial charge in [0.15, 0.2) is 0 Å². The average molecular weight is 206 g/mol. The minimum absolute atomic E-state index is 0.612. The molecular formula is C11H14N2O2. The Balaban J connectivity index is 2.36. The Bertz CT molecular complexity index is 336. The second-order valence-electron chi connectivity index (χ2n) is 3.30. The van der Waals surface area contributed by atoms with Gasteiger partial charge in [-0.05, 0) is 18.7 Å². The van der Waals surface area contributed by atoms with Crippen LogP contribution in [-0.4, -0.2) is 34.6 Å². The minimum Gasteiger partial charge on any atom is -0.478 e. The third-order valence-electron chi connectivity index (χ3n) is 1.85. The third-order valence-corrected chi connectivity index (χ3v) is 1.85. The SMILES string of the molecule is CN(C/C=C/C(=O)O)Cc1cccnc1. The lowest BCUT2D eigenvalue weighted by atomic mass is 10.3. The van der Waals surface area contributed by atoms with E-state index in [-0.39, 0.29) is 0 Å². The van der Waals surface area contributed by atoms with Crippen LogP contribution in [0.4, 0.5) is 0 Å². The second kappa shape index (κ2) is 5.93. The molecule has 0 saturated carbocycles. The fourth-order valence-corrected chi connectivity index (χ4v) is 1.20. The number of aromatic nitrogens is 1. The van der Waals surface area contributed by atoms with Crippen LogP contribution in [0.25, 0.3) is 0 Å². The van der Waals surface area contributed by atoms with Gasteiger partial charge in [-0.25, -0.2) is 4.79 Å². The lowest BCUT2D eigenvalue weighted by Gasteiger charge is -2.13. The lowest BCUT2D eigenvalue weighted by molar-refractivity contribution is -0.131. The molecule has 0 amide bonds. The highest BCUT2D eigenvalue weighted by Gasteiger charge is 1.97. The summed E-state index contributed by atoms with van der Waals surface area (Å²) in [6, 6.07) is 3.88. The molecule has 80 valence electrons. The van der Waals surface area contributed by atoms with Crippen LogP contribution in [0.5, 0.6) is 0 Å². The quantitative estimate of drug-likeness (QED) is 0.734. The number of likely N-dealkylation sites (N-methyl/N-ethyl adjacent to an activating group) is 1. The average Bonchev–Trinajstić information content (AvgIpc) is 2.18. The molecule has 4 nitrogen and oxygen atoms in total. The summed E-state index contributed by atoms with van der Waals surface area (Å²) in [5.74, 6) is -0.912. The zero-order valence-electron chi connectivity index (χ0n) is 8.63. The van der Waals surface area contributed by atoms with E-state index < -0.39 is 5.97 Å². The molecule has 1 aromatic rings. The summed E-state index contributed by atoms with van der Waals surface area (Å²) >= 11 is 0. The number of hydrogen-bond acceptors (Lipinski definition) is 3. The van der Waals surface area contributed by atoms with Gasteiger partial charge in [0.1, 0.15) is 0 Å². The number of carboxylic acids is 1. The molecule has 1 heterocycles. The molecule has 15 heavy (non-hydrogen) atoms. The van der Waals surface area contributed by atoms with Gasteiger partial charge in [0.25, 0.3) is 0 Å². The minimum atomic E-state index is -0.912. The van der Waals surface area contributed by atoms with Gasteiger partial charge in [-0.1, -0.05) is 12.1 Å². The molecule has 0 saturated heterocycles. The number of nitrogens with zero attached hydrogens (tertiary/aromatic N) is 2. The fraction of sp³-hybridized carbons (Fsp3) is 0.273. The Hall–Kier alpha value is -1.68. The summed E-state index contributed by atoms with van der Waals surface area (Å²) in [5.41, 5.74) is 1.11. The van der Waals surface area contributed by atoms with Gasteiger partial charge >= 0.3 is 5.97 Å². The highest BCUT2D eigenvalue weighted by Crippen LogP contribution is 2.00. The molecule has 0 fully saturated rings. The number of carbonyl (C=O) groups is 1. The Morgan fingerprint density at radius 3 is 3.07 bits per heavy atom. The highest BCUT2D eigenvalue weighted by atomic mass is 16.4. The first-order valence-corrected chi connectivity index (χ1v) is 4.65. The molecule has 0 bridgehead atoms. The first-order valence-electron chi connectivity index (χ1n) is 4.65. The largest absolute Gasteiger partial charge is 0.478 e. The predicted octanol–water partition coefficient (Wildman–Crippen LogP) is 1.15. The van der Waals surface area contributed by atoms with Crippen molar-refractivity contribution in [1.82, 2.24) is 9.88 Å². The topological polar surface area (TPSA) is 53.4 Å². The van der Waals surface area contributed by atoms with Crippen LogP contribution in [0.1, 0.15) is 5.56 Å². The summed E-state index contributed by atoms with van der Waals surface area (Å²) in [4.78, 5) is 16.2. The van der Waals surface area contributed by atoms with Crippen molar-refractivity contribution in [2.45, 2.75) is 6.54 Å². The molecule has 0 aromatic carbocycles. The second-order valence-corrected chi connectivity index (χ2v) is 3.30. The van der Waals surface area contributed by atoms with Crippen molar-refractivity contribution in [2.75, 3.05) is 13.6 Å². The molecule has 1 N–H and O–H groups in total. The monoisotopic (exact) mass is 206 g/mol. The molecule has 0 unspecified atom stereocenters. The maximum Gasteiger partial charge on any atom is 0.328 e. The standard InChI is InChI=1S/C11H14N2O2/c1-13(7-3-5-11(14)15)9-10-4-2-6-12-8-10/h2-6,8H,7,9H2,1H3,(H,14,15)/b5-3+. The lowest BCUT2D eigenvalue weighted by Crippen LogP contribution is -2.17. The van der Waals surface area contributed by atoms with Crippen LogP contribution in [0.3, 0.4) is 0 Å². The summed E-state index contributed by atoms with van der Waals surface area (Å²) in [6.07, 6.45) is 6.31. The van der Waals surface area contributed by atoms with Gasteiger partial charge < -0.3 is 5.11 Å². The fourth-order valence-electron chi connectivity index (χ4n) is 1.20. The van der Waals surface area contributed by atoms with E-state index in [1.165, 1.54) is 0 Å². The van der Waals surface area contributed by atoms with E-state index >= 15 is 0 Å². The molecule has 0 radical (unpaired) electrons. The van der Waals surface area contributed by atoms with Gasteiger partial charge in [-0.15, -0.1) is 0 Å². The number of rotatable bonds is 5. The Kier molecular flexibility index (Phi) is 4.50. The van der Waals surface area contributed by atoms with Crippen LogP contribution in [0.15, 0.2) is 36.7 Å². The van der Waals surface area contributed by atoms with Crippen molar-refractivity contribution in [3.8, 4) is 0 Å². The van der Waals surface area contributed by atoms with Crippen molar-refractivity contribution in [3.05, 3.63) is 42.2 Å². The molecule has 1 aromatic heterocycles. The highest BCUT2D eigenvalue weighted by molar-refractivity contribution is 5.79. The van der Waals surface area contributed by atoms with Crippen LogP contribution in [0.2, 0.25) is 0 Å². The summed E-state index contributed by atoms with van der Waals surface area (Å²) in [7, 11) is 1.93. The van der Waals surface area contributed by atoms with Crippen molar-refractivity contribution >= 4 is 5.97 Å². The van der Waals surface area contributed by atoms with Gasteiger partial charge in [0, 0.05) is 31.6 Å². The Morgan fingerprint density at radius 2 is 2.47 bits per heavy atom. The van der Waals surface area contributed by atoms with E-state index in [1.807, 2.05) is 24.1 Å². The zero-order valence-corrected chi connectivity index (χ0v) is 8.63. The Morgan fingerprint density at radius 1 is 1.67 bits per heavy atom. The van der Waals surface area contributed by atoms with Gasteiger partial charge in [-0.2, -0.15) is 0 Å². The molecule has 0 aliphatic heterocycles. The van der Waals surface area contributed by atoms with E-state index in [4.69, 9.17) is 5.11 Å². The molecule has 0 atom stereocenters. The predicted molar refractivity (Wildman–Crippen MR) is 57.3 cm³/mol. The van der Waals surface area contributed by atoms with Gasteiger partial charge in [0.05, 0.1) is 0 Å². The first-order chi connectivity index (χ1) is 7.18. The molecule has 4 heteroatoms. The van der Waals surface area contributed by atoms with E-state index in [2.05, 4.69) is 4.98 Å². The summed E-state index contributed by atoms with van der Waals surface area (Å²) < 4.78 is 0. The third kappa shape index (κ3) is 4.93. The molecular weight excluding hydrogens is 192 g/mol. The van der Waals surface area contributed by atoms with Crippen molar-refractivity contribution in [1.29, 1.82) is 0 Å². The number of aliphatic carboxylic acids is 1. The zero-order chi connectivity index (χ0) is 11.1. The summed E-state index contributed by atoms with van der Waals surface area (Å²) in [6.45, 7) is 1.37. The maximum absolute atomic E-state index is 10.2. The van der Waals surface area contributed by atoms with Crippen LogP contribution in [-0.2, 0) is 11.3 Å². The smallest absolute Gasteiger partial charge is 0.328 e. The first kappa shape index (κ1) is 11.4. The Labute approximate surface area is 88.9 Å². The van der Waals surface area contributed by atoms with Crippen molar-refractivity contribution in [2.24, 2.45) is 0 Å². The number of pyridine rings is 1. The van der Waals surface area contributed by atoms with Crippen LogP contribution in [0, 0.1) is 0 Å². The van der Waals surface area contributed by atoms with Crippen LogP contribution >= 0.6 is 0 Å². The van der Waals surface area contributed by atoms with E-state index in [0.29, 0.717) is 6.54 Å². The van der Waals surface area contributed by atoms with Gasteiger partial charge in [0.2, 0.25) is 0 Å². The van der Waals surface area contributed by atoms with Gasteiger partial charge in [-0.3, -0.25) is 9.88 Å². The summed E-state index contributed by atoms with van der Waals surface area (Å²) in [5, 5.41) is 8.40. The normalized spacial score (nSPS) is 11.1. The number of carboxylic acid groups (broad SMARTS) is 1. The molecule has 0 aliphatic rings. The van der Waals surface area contributed by atoms with Crippen molar-refractivity contribution < 1.29 is 9.90 Å². The number of hydrogen-bond donors (Lipinski definition) is 1. The van der Waals surface area contributed by atoms with E-state index in [9.17, 15) is 4.79 Å². The molecule has 1 rings (SSSR count). The van der Waals surface area contributed by atoms with E-state index in [0.717, 1.165) is 18.2 Å². The van der Waals surface area contributed by atoms with Crippen molar-refractivity contribution in [3.63, 3.8) is 0 Å². The maximum atomic E-state index is 10.2. The molecule has 0 aliphatic carbocycles.